The van der Waals surface area contributed by atoms with E-state index in [9.17, 15) is 0 Å². The van der Waals surface area contributed by atoms with E-state index in [0.717, 1.165) is 53.5 Å². The fourth-order valence-electron chi connectivity index (χ4n) is 4.05. The molecular weight excluding hydrogens is 398 g/mol. The van der Waals surface area contributed by atoms with Crippen molar-refractivity contribution in [1.82, 2.24) is 9.88 Å². The van der Waals surface area contributed by atoms with Crippen LogP contribution in [0.15, 0.2) is 58.6 Å². The Kier molecular flexibility index (Phi) is 6.61. The predicted octanol–water partition coefficient (Wildman–Crippen LogP) is 5.03. The topological polar surface area (TPSA) is 62.1 Å². The minimum Gasteiger partial charge on any atom is -0.493 e. The van der Waals surface area contributed by atoms with Gasteiger partial charge in [0.25, 0.3) is 0 Å². The summed E-state index contributed by atoms with van der Waals surface area (Å²) in [6.07, 6.45) is 4.31. The van der Waals surface area contributed by atoms with Crippen LogP contribution in [0.3, 0.4) is 0 Å². The molecule has 164 valence electrons. The van der Waals surface area contributed by atoms with Gasteiger partial charge in [0.2, 0.25) is 0 Å². The monoisotopic (exact) mass is 427 g/mol. The van der Waals surface area contributed by atoms with Crippen molar-refractivity contribution in [3.63, 3.8) is 0 Å². The quantitative estimate of drug-likeness (QED) is 0.405. The van der Waals surface area contributed by atoms with Crippen molar-refractivity contribution in [3.05, 3.63) is 70.9 Å². The van der Waals surface area contributed by atoms with E-state index in [2.05, 4.69) is 71.3 Å². The molecule has 2 heterocycles. The summed E-state index contributed by atoms with van der Waals surface area (Å²) in [5.41, 5.74) is 7.64. The van der Waals surface area contributed by atoms with Crippen molar-refractivity contribution < 1.29 is 4.74 Å². The highest BCUT2D eigenvalue weighted by Gasteiger charge is 2.17. The van der Waals surface area contributed by atoms with Crippen LogP contribution < -0.4 is 10.1 Å². The zero-order valence-corrected chi connectivity index (χ0v) is 18.9. The smallest absolute Gasteiger partial charge is 0.131 e. The first kappa shape index (κ1) is 21.7. The molecule has 32 heavy (non-hydrogen) atoms. The van der Waals surface area contributed by atoms with E-state index in [1.54, 1.807) is 0 Å². The van der Waals surface area contributed by atoms with E-state index in [4.69, 9.17) is 9.72 Å². The number of rotatable bonds is 8. The number of nitrogens with one attached hydrogen (secondary N) is 1. The third-order valence-corrected chi connectivity index (χ3v) is 5.61. The van der Waals surface area contributed by atoms with Crippen molar-refractivity contribution in [1.29, 1.82) is 0 Å². The third-order valence-electron chi connectivity index (χ3n) is 5.61. The number of pyridine rings is 1. The van der Waals surface area contributed by atoms with E-state index in [1.807, 2.05) is 25.3 Å². The number of hydrogen-bond donors (Lipinski definition) is 1. The molecule has 1 N–H and O–H groups in total. The van der Waals surface area contributed by atoms with Crippen LogP contribution in [0.1, 0.15) is 22.3 Å². The zero-order chi connectivity index (χ0) is 22.5. The average Bonchev–Trinajstić information content (AvgIpc) is 3.27. The van der Waals surface area contributed by atoms with Crippen LogP contribution in [-0.2, 0) is 19.5 Å². The Morgan fingerprint density at radius 2 is 2.00 bits per heavy atom. The normalized spacial score (nSPS) is 12.8. The lowest BCUT2D eigenvalue weighted by Gasteiger charge is -2.15. The van der Waals surface area contributed by atoms with Crippen molar-refractivity contribution in [2.75, 3.05) is 26.0 Å². The van der Waals surface area contributed by atoms with E-state index in [0.29, 0.717) is 6.54 Å². The van der Waals surface area contributed by atoms with Crippen molar-refractivity contribution in [3.8, 4) is 16.9 Å². The molecule has 0 bridgehead atoms. The molecule has 4 rings (SSSR count). The number of aliphatic imine (C=N–C) groups is 2. The lowest BCUT2D eigenvalue weighted by Crippen LogP contribution is -2.10. The van der Waals surface area contributed by atoms with Gasteiger partial charge >= 0.3 is 0 Å². The van der Waals surface area contributed by atoms with Gasteiger partial charge < -0.3 is 15.0 Å². The number of benzene rings is 2. The maximum Gasteiger partial charge on any atom is 0.131 e. The molecule has 0 saturated heterocycles. The molecule has 1 aromatic heterocycles. The van der Waals surface area contributed by atoms with Gasteiger partial charge in [-0.1, -0.05) is 36.4 Å². The fraction of sp³-hybridized carbons (Fsp3) is 0.269. The molecule has 6 nitrogen and oxygen atoms in total. The second-order valence-electron chi connectivity index (χ2n) is 8.20. The average molecular weight is 428 g/mol. The minimum absolute atomic E-state index is 0.682. The molecule has 0 fully saturated rings. The second-order valence-corrected chi connectivity index (χ2v) is 8.20. The lowest BCUT2D eigenvalue weighted by atomic mass is 10.0. The van der Waals surface area contributed by atoms with Gasteiger partial charge in [-0.2, -0.15) is 0 Å². The molecule has 1 aliphatic rings. The van der Waals surface area contributed by atoms with E-state index in [1.165, 1.54) is 23.0 Å². The Bertz CT molecular complexity index is 1140. The number of hydrogen-bond acceptors (Lipinski definition) is 5. The highest BCUT2D eigenvalue weighted by atomic mass is 16.5. The van der Waals surface area contributed by atoms with Crippen LogP contribution in [0.2, 0.25) is 0 Å². The predicted molar refractivity (Wildman–Crippen MR) is 132 cm³/mol. The Morgan fingerprint density at radius 3 is 2.75 bits per heavy atom. The molecule has 0 radical (unpaired) electrons. The van der Waals surface area contributed by atoms with Crippen LogP contribution in [0, 0.1) is 6.92 Å². The zero-order valence-electron chi connectivity index (χ0n) is 18.9. The Hall–Kier alpha value is -3.51. The van der Waals surface area contributed by atoms with Gasteiger partial charge in [0, 0.05) is 42.4 Å². The fourth-order valence-corrected chi connectivity index (χ4v) is 4.05. The summed E-state index contributed by atoms with van der Waals surface area (Å²) in [5, 5.41) is 3.49. The maximum atomic E-state index is 5.69. The largest absolute Gasteiger partial charge is 0.493 e. The van der Waals surface area contributed by atoms with Crippen molar-refractivity contribution >= 4 is 24.6 Å². The summed E-state index contributed by atoms with van der Waals surface area (Å²) in [4.78, 5) is 15.3. The van der Waals surface area contributed by atoms with E-state index in [-0.39, 0.29) is 0 Å². The van der Waals surface area contributed by atoms with Crippen LogP contribution in [0.4, 0.5) is 11.5 Å². The SMILES string of the molecule is C=NC=Nc1c(-c2ccc(CN(C)C)cc2)cnc(NCc2cccc3c2CCO3)c1C. The van der Waals surface area contributed by atoms with Crippen LogP contribution in [-0.4, -0.2) is 43.6 Å². The van der Waals surface area contributed by atoms with Gasteiger partial charge in [0.1, 0.15) is 17.9 Å². The molecular formula is C26H29N5O. The third kappa shape index (κ3) is 4.70. The highest BCUT2D eigenvalue weighted by molar-refractivity contribution is 5.83. The molecule has 0 spiro atoms. The summed E-state index contributed by atoms with van der Waals surface area (Å²) >= 11 is 0. The molecule has 0 amide bonds. The summed E-state index contributed by atoms with van der Waals surface area (Å²) in [6, 6.07) is 14.7. The van der Waals surface area contributed by atoms with E-state index >= 15 is 0 Å². The molecule has 0 aliphatic carbocycles. The van der Waals surface area contributed by atoms with Gasteiger partial charge in [-0.3, -0.25) is 4.99 Å². The number of fused-ring (bicyclic) bond motifs is 1. The van der Waals surface area contributed by atoms with Crippen molar-refractivity contribution in [2.24, 2.45) is 9.98 Å². The molecule has 1 aliphatic heterocycles. The van der Waals surface area contributed by atoms with Gasteiger partial charge in [0.15, 0.2) is 0 Å². The first-order chi connectivity index (χ1) is 15.6. The summed E-state index contributed by atoms with van der Waals surface area (Å²) in [7, 11) is 4.14. The number of nitrogens with zero attached hydrogens (tertiary/aromatic N) is 4. The second kappa shape index (κ2) is 9.75. The van der Waals surface area contributed by atoms with Crippen LogP contribution in [0.25, 0.3) is 11.1 Å². The molecule has 3 aromatic rings. The summed E-state index contributed by atoms with van der Waals surface area (Å²) in [6.45, 7) is 7.90. The Morgan fingerprint density at radius 1 is 1.19 bits per heavy atom. The van der Waals surface area contributed by atoms with Crippen molar-refractivity contribution in [2.45, 2.75) is 26.4 Å². The highest BCUT2D eigenvalue weighted by Crippen LogP contribution is 2.36. The summed E-state index contributed by atoms with van der Waals surface area (Å²) < 4.78 is 5.69. The number of ether oxygens (including phenoxy) is 1. The van der Waals surface area contributed by atoms with Crippen LogP contribution in [0.5, 0.6) is 5.75 Å². The molecule has 0 atom stereocenters. The first-order valence-electron chi connectivity index (χ1n) is 10.8. The molecule has 6 heteroatoms. The van der Waals surface area contributed by atoms with Gasteiger partial charge in [-0.15, -0.1) is 0 Å². The Balaban J connectivity index is 1.62. The van der Waals surface area contributed by atoms with Crippen LogP contribution >= 0.6 is 0 Å². The van der Waals surface area contributed by atoms with Gasteiger partial charge in [-0.05, 0) is 50.5 Å². The van der Waals surface area contributed by atoms with Gasteiger partial charge in [-0.25, -0.2) is 9.98 Å². The maximum absolute atomic E-state index is 5.69. The molecule has 0 saturated carbocycles. The standard InChI is InChI=1S/C26H29N5O/c1-18-25(30-17-27-2)23(20-10-8-19(9-11-20)16-31(3)4)15-29-26(18)28-14-21-6-5-7-24-22(21)12-13-32-24/h5-11,15,17H,2,12-14,16H2,1,3-4H3,(H,28,29). The summed E-state index contributed by atoms with van der Waals surface area (Å²) in [5.74, 6) is 1.80. The Labute approximate surface area is 189 Å². The molecule has 2 aromatic carbocycles. The lowest BCUT2D eigenvalue weighted by molar-refractivity contribution is 0.357. The van der Waals surface area contributed by atoms with Gasteiger partial charge in [0.05, 0.1) is 12.3 Å². The number of anilines is 1. The minimum atomic E-state index is 0.682. The van der Waals surface area contributed by atoms with E-state index < -0.39 is 0 Å². The number of aromatic nitrogens is 1. The first-order valence-corrected chi connectivity index (χ1v) is 10.8. The molecule has 0 unspecified atom stereocenters.